The molecule has 0 saturated heterocycles. The van der Waals surface area contributed by atoms with E-state index in [0.717, 1.165) is 0 Å². The molecule has 0 amide bonds. The summed E-state index contributed by atoms with van der Waals surface area (Å²) in [5.41, 5.74) is 1.81. The van der Waals surface area contributed by atoms with Crippen LogP contribution in [0, 0.1) is 0 Å². The maximum atomic E-state index is 12.1. The third-order valence-corrected chi connectivity index (χ3v) is 2.42. The van der Waals surface area contributed by atoms with Crippen LogP contribution in [0.4, 0.5) is 13.2 Å². The van der Waals surface area contributed by atoms with Gasteiger partial charge in [-0.1, -0.05) is 0 Å². The van der Waals surface area contributed by atoms with E-state index in [4.69, 9.17) is 4.74 Å². The zero-order valence-electron chi connectivity index (χ0n) is 10.5. The van der Waals surface area contributed by atoms with Gasteiger partial charge >= 0.3 is 6.36 Å². The van der Waals surface area contributed by atoms with E-state index in [2.05, 4.69) is 14.7 Å². The highest BCUT2D eigenvalue weighted by Crippen LogP contribution is 2.26. The number of hydrogen-bond acceptors (Lipinski definition) is 4. The van der Waals surface area contributed by atoms with Gasteiger partial charge in [-0.15, -0.1) is 13.2 Å². The van der Waals surface area contributed by atoms with Crippen LogP contribution in [0.15, 0.2) is 36.7 Å². The Labute approximate surface area is 113 Å². The number of benzene rings is 1. The molecule has 2 aromatic rings. The summed E-state index contributed by atoms with van der Waals surface area (Å²) in [6.07, 6.45) is -1.66. The second kappa shape index (κ2) is 5.87. The number of rotatable bonds is 4. The lowest BCUT2D eigenvalue weighted by molar-refractivity contribution is -0.274. The normalized spacial score (nSPS) is 11.4. The predicted octanol–water partition coefficient (Wildman–Crippen LogP) is 3.19. The second-order valence-corrected chi connectivity index (χ2v) is 3.86. The summed E-state index contributed by atoms with van der Waals surface area (Å²) in [5, 5.41) is 0. The Morgan fingerprint density at radius 2 is 1.70 bits per heavy atom. The van der Waals surface area contributed by atoms with Gasteiger partial charge in [0.05, 0.1) is 18.0 Å². The van der Waals surface area contributed by atoms with E-state index in [-0.39, 0.29) is 12.4 Å². The Hall–Kier alpha value is -2.15. The summed E-state index contributed by atoms with van der Waals surface area (Å²) in [6, 6.07) is 5.44. The highest BCUT2D eigenvalue weighted by atomic mass is 19.4. The van der Waals surface area contributed by atoms with E-state index in [1.807, 2.05) is 0 Å². The molecule has 0 N–H and O–H groups in total. The van der Waals surface area contributed by atoms with Gasteiger partial charge in [-0.25, -0.2) is 0 Å². The van der Waals surface area contributed by atoms with Crippen LogP contribution in [0.1, 0.15) is 5.69 Å². The van der Waals surface area contributed by atoms with Crippen LogP contribution < -0.4 is 4.74 Å². The molecule has 0 atom stereocenters. The number of hydrogen-bond donors (Lipinski definition) is 0. The molecule has 0 unspecified atom stereocenters. The Bertz CT molecular complexity index is 571. The number of methoxy groups -OCH3 is 1. The molecule has 0 spiro atoms. The Morgan fingerprint density at radius 3 is 2.30 bits per heavy atom. The van der Waals surface area contributed by atoms with Crippen molar-refractivity contribution in [2.24, 2.45) is 0 Å². The summed E-state index contributed by atoms with van der Waals surface area (Å²) in [6.45, 7) is 0.268. The Kier molecular flexibility index (Phi) is 4.19. The average molecular weight is 284 g/mol. The lowest BCUT2D eigenvalue weighted by Crippen LogP contribution is -2.16. The minimum absolute atomic E-state index is 0.268. The maximum Gasteiger partial charge on any atom is 0.573 e. The first-order chi connectivity index (χ1) is 9.49. The molecule has 1 aromatic carbocycles. The second-order valence-electron chi connectivity index (χ2n) is 3.86. The molecule has 0 fully saturated rings. The zero-order valence-corrected chi connectivity index (χ0v) is 10.5. The summed E-state index contributed by atoms with van der Waals surface area (Å²) < 4.78 is 45.0. The molecular formula is C13H11F3N2O2. The molecule has 1 aromatic heterocycles. The van der Waals surface area contributed by atoms with E-state index in [0.29, 0.717) is 17.0 Å². The van der Waals surface area contributed by atoms with Gasteiger partial charge in [0.15, 0.2) is 0 Å². The third kappa shape index (κ3) is 3.67. The summed E-state index contributed by atoms with van der Waals surface area (Å²) >= 11 is 0. The first-order valence-corrected chi connectivity index (χ1v) is 5.64. The van der Waals surface area contributed by atoms with Crippen molar-refractivity contribution in [2.75, 3.05) is 7.11 Å². The number of ether oxygens (including phenoxy) is 2. The highest BCUT2D eigenvalue weighted by molar-refractivity contribution is 5.62. The van der Waals surface area contributed by atoms with E-state index >= 15 is 0 Å². The first-order valence-electron chi connectivity index (χ1n) is 5.64. The summed E-state index contributed by atoms with van der Waals surface area (Å²) in [4.78, 5) is 8.29. The Morgan fingerprint density at radius 1 is 1.05 bits per heavy atom. The third-order valence-electron chi connectivity index (χ3n) is 2.42. The van der Waals surface area contributed by atoms with Crippen molar-refractivity contribution in [3.63, 3.8) is 0 Å². The summed E-state index contributed by atoms with van der Waals surface area (Å²) in [5.74, 6) is -0.279. The van der Waals surface area contributed by atoms with Crippen molar-refractivity contribution >= 4 is 0 Å². The molecule has 0 aliphatic carbocycles. The van der Waals surface area contributed by atoms with Gasteiger partial charge in [0.1, 0.15) is 5.75 Å². The largest absolute Gasteiger partial charge is 0.573 e. The van der Waals surface area contributed by atoms with Gasteiger partial charge in [0.2, 0.25) is 0 Å². The monoisotopic (exact) mass is 284 g/mol. The van der Waals surface area contributed by atoms with Gasteiger partial charge in [-0.3, -0.25) is 9.97 Å². The van der Waals surface area contributed by atoms with E-state index in [1.165, 1.54) is 43.8 Å². The first kappa shape index (κ1) is 14.3. The molecule has 4 nitrogen and oxygen atoms in total. The zero-order chi connectivity index (χ0) is 14.6. The van der Waals surface area contributed by atoms with Gasteiger partial charge in [0.25, 0.3) is 0 Å². The van der Waals surface area contributed by atoms with Crippen molar-refractivity contribution in [1.29, 1.82) is 0 Å². The maximum absolute atomic E-state index is 12.1. The molecule has 0 bridgehead atoms. The number of halogens is 3. The van der Waals surface area contributed by atoms with Crippen LogP contribution in [0.25, 0.3) is 11.3 Å². The highest BCUT2D eigenvalue weighted by Gasteiger charge is 2.31. The molecule has 0 aliphatic rings. The average Bonchev–Trinajstić information content (AvgIpc) is 2.39. The standard InChI is InChI=1S/C13H11F3N2O2/c1-19-8-11-12(18-7-6-17-11)9-2-4-10(5-3-9)20-13(14,15)16/h2-7H,8H2,1H3. The molecule has 7 heteroatoms. The lowest BCUT2D eigenvalue weighted by atomic mass is 10.1. The number of alkyl halides is 3. The molecule has 0 aliphatic heterocycles. The fraction of sp³-hybridized carbons (Fsp3) is 0.231. The molecule has 2 rings (SSSR count). The molecule has 1 heterocycles. The fourth-order valence-corrected chi connectivity index (χ4v) is 1.66. The predicted molar refractivity (Wildman–Crippen MR) is 64.9 cm³/mol. The van der Waals surface area contributed by atoms with Crippen molar-refractivity contribution in [2.45, 2.75) is 13.0 Å². The minimum Gasteiger partial charge on any atom is -0.406 e. The van der Waals surface area contributed by atoms with Gasteiger partial charge in [0, 0.05) is 25.1 Å². The van der Waals surface area contributed by atoms with E-state index < -0.39 is 6.36 Å². The van der Waals surface area contributed by atoms with Crippen molar-refractivity contribution in [1.82, 2.24) is 9.97 Å². The van der Waals surface area contributed by atoms with Gasteiger partial charge in [-0.05, 0) is 24.3 Å². The summed E-state index contributed by atoms with van der Waals surface area (Å²) in [7, 11) is 1.53. The van der Waals surface area contributed by atoms with Crippen LogP contribution >= 0.6 is 0 Å². The molecule has 106 valence electrons. The van der Waals surface area contributed by atoms with Crippen LogP contribution in [0.3, 0.4) is 0 Å². The lowest BCUT2D eigenvalue weighted by Gasteiger charge is -2.10. The van der Waals surface area contributed by atoms with Crippen LogP contribution in [-0.2, 0) is 11.3 Å². The van der Waals surface area contributed by atoms with Crippen molar-refractivity contribution in [3.8, 4) is 17.0 Å². The van der Waals surface area contributed by atoms with Gasteiger partial charge < -0.3 is 9.47 Å². The van der Waals surface area contributed by atoms with Crippen molar-refractivity contribution < 1.29 is 22.6 Å². The molecule has 20 heavy (non-hydrogen) atoms. The topological polar surface area (TPSA) is 44.2 Å². The number of nitrogens with zero attached hydrogens (tertiary/aromatic N) is 2. The number of aromatic nitrogens is 2. The van der Waals surface area contributed by atoms with Gasteiger partial charge in [-0.2, -0.15) is 0 Å². The molecule has 0 radical (unpaired) electrons. The fourth-order valence-electron chi connectivity index (χ4n) is 1.66. The molecular weight excluding hydrogens is 273 g/mol. The minimum atomic E-state index is -4.70. The van der Waals surface area contributed by atoms with Crippen LogP contribution in [0.5, 0.6) is 5.75 Å². The van der Waals surface area contributed by atoms with Crippen molar-refractivity contribution in [3.05, 3.63) is 42.4 Å². The van der Waals surface area contributed by atoms with E-state index in [1.54, 1.807) is 0 Å². The molecule has 0 saturated carbocycles. The van der Waals surface area contributed by atoms with E-state index in [9.17, 15) is 13.2 Å². The van der Waals surface area contributed by atoms with Crippen LogP contribution in [0.2, 0.25) is 0 Å². The quantitative estimate of drug-likeness (QED) is 0.865. The SMILES string of the molecule is COCc1nccnc1-c1ccc(OC(F)(F)F)cc1. The smallest absolute Gasteiger partial charge is 0.406 e. The Balaban J connectivity index is 2.26. The van der Waals surface area contributed by atoms with Crippen LogP contribution in [-0.4, -0.2) is 23.4 Å².